The Balaban J connectivity index is 3.35. The molecule has 10 heavy (non-hydrogen) atoms. The quantitative estimate of drug-likeness (QED) is 0.547. The molecule has 0 aromatic rings. The number of hydrogen-bond acceptors (Lipinski definition) is 2. The standard InChI is InChI=1S/C8H14O2/c1-7(9-3)5-6-8(2)10-4/h1-2,5-6H2,3-4H3. The van der Waals surface area contributed by atoms with Crippen LogP contribution in [-0.2, 0) is 9.47 Å². The van der Waals surface area contributed by atoms with Crippen molar-refractivity contribution >= 4 is 0 Å². The van der Waals surface area contributed by atoms with Crippen LogP contribution < -0.4 is 0 Å². The van der Waals surface area contributed by atoms with E-state index >= 15 is 0 Å². The molecule has 0 fully saturated rings. The van der Waals surface area contributed by atoms with Crippen molar-refractivity contribution in [3.63, 3.8) is 0 Å². The Bertz CT molecular complexity index is 111. The molecule has 2 nitrogen and oxygen atoms in total. The maximum atomic E-state index is 4.85. The van der Waals surface area contributed by atoms with Crippen LogP contribution in [0.3, 0.4) is 0 Å². The van der Waals surface area contributed by atoms with Gasteiger partial charge in [-0.2, -0.15) is 0 Å². The minimum Gasteiger partial charge on any atom is -0.502 e. The highest BCUT2D eigenvalue weighted by atomic mass is 16.5. The highest BCUT2D eigenvalue weighted by molar-refractivity contribution is 4.90. The van der Waals surface area contributed by atoms with Crippen LogP contribution in [0.4, 0.5) is 0 Å². The summed E-state index contributed by atoms with van der Waals surface area (Å²) >= 11 is 0. The lowest BCUT2D eigenvalue weighted by Gasteiger charge is -2.04. The highest BCUT2D eigenvalue weighted by Crippen LogP contribution is 2.08. The van der Waals surface area contributed by atoms with Crippen LogP contribution in [0.15, 0.2) is 24.7 Å². The van der Waals surface area contributed by atoms with E-state index in [-0.39, 0.29) is 0 Å². The molecule has 0 N–H and O–H groups in total. The fourth-order valence-corrected chi connectivity index (χ4v) is 0.483. The van der Waals surface area contributed by atoms with Gasteiger partial charge in [0, 0.05) is 12.8 Å². The van der Waals surface area contributed by atoms with Crippen molar-refractivity contribution in [2.45, 2.75) is 12.8 Å². The van der Waals surface area contributed by atoms with Gasteiger partial charge in [0.25, 0.3) is 0 Å². The normalized spacial score (nSPS) is 8.60. The van der Waals surface area contributed by atoms with E-state index in [0.29, 0.717) is 0 Å². The molecule has 0 saturated heterocycles. The molecule has 0 aromatic carbocycles. The van der Waals surface area contributed by atoms with Crippen molar-refractivity contribution in [2.75, 3.05) is 14.2 Å². The Labute approximate surface area is 62.1 Å². The molecule has 0 aliphatic carbocycles. The van der Waals surface area contributed by atoms with Crippen molar-refractivity contribution < 1.29 is 9.47 Å². The summed E-state index contributed by atoms with van der Waals surface area (Å²) in [6.45, 7) is 7.32. The molecular weight excluding hydrogens is 128 g/mol. The summed E-state index contributed by atoms with van der Waals surface area (Å²) in [6, 6.07) is 0. The summed E-state index contributed by atoms with van der Waals surface area (Å²) in [5.74, 6) is 1.52. The predicted octanol–water partition coefficient (Wildman–Crippen LogP) is 2.09. The molecule has 0 atom stereocenters. The van der Waals surface area contributed by atoms with Crippen molar-refractivity contribution in [2.24, 2.45) is 0 Å². The van der Waals surface area contributed by atoms with Crippen LogP contribution in [0.25, 0.3) is 0 Å². The summed E-state index contributed by atoms with van der Waals surface area (Å²) in [7, 11) is 3.22. The minimum atomic E-state index is 0.762. The van der Waals surface area contributed by atoms with Crippen LogP contribution in [0, 0.1) is 0 Å². The van der Waals surface area contributed by atoms with Gasteiger partial charge in [-0.05, 0) is 0 Å². The zero-order chi connectivity index (χ0) is 7.98. The van der Waals surface area contributed by atoms with E-state index in [1.807, 2.05) is 0 Å². The second-order valence-electron chi connectivity index (χ2n) is 1.99. The average molecular weight is 142 g/mol. The average Bonchev–Trinajstić information content (AvgIpc) is 1.99. The summed E-state index contributed by atoms with van der Waals surface area (Å²) in [6.07, 6.45) is 1.56. The first-order valence-corrected chi connectivity index (χ1v) is 3.14. The zero-order valence-electron chi connectivity index (χ0n) is 6.64. The Morgan fingerprint density at radius 1 is 1.00 bits per heavy atom. The molecule has 0 unspecified atom stereocenters. The fourth-order valence-electron chi connectivity index (χ4n) is 0.483. The molecule has 0 radical (unpaired) electrons. The van der Waals surface area contributed by atoms with E-state index in [1.165, 1.54) is 0 Å². The van der Waals surface area contributed by atoms with E-state index in [4.69, 9.17) is 9.47 Å². The lowest BCUT2D eigenvalue weighted by atomic mass is 10.2. The van der Waals surface area contributed by atoms with Crippen LogP contribution in [0.2, 0.25) is 0 Å². The molecule has 0 saturated carbocycles. The van der Waals surface area contributed by atoms with Crippen LogP contribution in [0.1, 0.15) is 12.8 Å². The maximum absolute atomic E-state index is 4.85. The van der Waals surface area contributed by atoms with Gasteiger partial charge in [-0.3, -0.25) is 0 Å². The minimum absolute atomic E-state index is 0.762. The first-order chi connectivity index (χ1) is 4.70. The summed E-state index contributed by atoms with van der Waals surface area (Å²) in [5, 5.41) is 0. The monoisotopic (exact) mass is 142 g/mol. The van der Waals surface area contributed by atoms with Gasteiger partial charge in [0.1, 0.15) is 0 Å². The fraction of sp³-hybridized carbons (Fsp3) is 0.500. The third-order valence-electron chi connectivity index (χ3n) is 1.26. The molecular formula is C8H14O2. The molecule has 0 rings (SSSR count). The smallest absolute Gasteiger partial charge is 0.0888 e. The van der Waals surface area contributed by atoms with Crippen molar-refractivity contribution in [3.05, 3.63) is 24.7 Å². The lowest BCUT2D eigenvalue weighted by molar-refractivity contribution is 0.252. The molecule has 0 aliphatic rings. The molecule has 2 heteroatoms. The van der Waals surface area contributed by atoms with Crippen molar-refractivity contribution in [1.82, 2.24) is 0 Å². The van der Waals surface area contributed by atoms with E-state index in [0.717, 1.165) is 24.4 Å². The lowest BCUT2D eigenvalue weighted by Crippen LogP contribution is -1.88. The Kier molecular flexibility index (Phi) is 4.46. The predicted molar refractivity (Wildman–Crippen MR) is 41.5 cm³/mol. The Hall–Kier alpha value is -0.920. The van der Waals surface area contributed by atoms with Crippen LogP contribution in [0.5, 0.6) is 0 Å². The number of allylic oxidation sites excluding steroid dienone is 2. The van der Waals surface area contributed by atoms with Gasteiger partial charge in [-0.15, -0.1) is 0 Å². The zero-order valence-corrected chi connectivity index (χ0v) is 6.64. The molecule has 0 spiro atoms. The van der Waals surface area contributed by atoms with E-state index in [9.17, 15) is 0 Å². The van der Waals surface area contributed by atoms with Gasteiger partial charge in [-0.1, -0.05) is 13.2 Å². The number of methoxy groups -OCH3 is 2. The van der Waals surface area contributed by atoms with Crippen LogP contribution in [-0.4, -0.2) is 14.2 Å². The van der Waals surface area contributed by atoms with Gasteiger partial charge in [0.2, 0.25) is 0 Å². The second kappa shape index (κ2) is 4.91. The molecule has 0 aromatic heterocycles. The molecule has 0 heterocycles. The molecule has 58 valence electrons. The third-order valence-corrected chi connectivity index (χ3v) is 1.26. The SMILES string of the molecule is C=C(CCC(=C)OC)OC. The van der Waals surface area contributed by atoms with Gasteiger partial charge in [-0.25, -0.2) is 0 Å². The van der Waals surface area contributed by atoms with E-state index in [2.05, 4.69) is 13.2 Å². The Morgan fingerprint density at radius 2 is 1.30 bits per heavy atom. The number of ether oxygens (including phenoxy) is 2. The van der Waals surface area contributed by atoms with E-state index in [1.54, 1.807) is 14.2 Å². The van der Waals surface area contributed by atoms with Gasteiger partial charge in [0.15, 0.2) is 0 Å². The van der Waals surface area contributed by atoms with Crippen LogP contribution >= 0.6 is 0 Å². The van der Waals surface area contributed by atoms with Gasteiger partial charge in [0.05, 0.1) is 25.7 Å². The second-order valence-corrected chi connectivity index (χ2v) is 1.99. The van der Waals surface area contributed by atoms with Crippen molar-refractivity contribution in [3.8, 4) is 0 Å². The largest absolute Gasteiger partial charge is 0.502 e. The first kappa shape index (κ1) is 9.08. The molecule has 0 bridgehead atoms. The summed E-state index contributed by atoms with van der Waals surface area (Å²) in [5.41, 5.74) is 0. The van der Waals surface area contributed by atoms with Gasteiger partial charge >= 0.3 is 0 Å². The molecule has 0 aliphatic heterocycles. The molecule has 0 amide bonds. The van der Waals surface area contributed by atoms with E-state index < -0.39 is 0 Å². The Morgan fingerprint density at radius 3 is 1.50 bits per heavy atom. The van der Waals surface area contributed by atoms with Gasteiger partial charge < -0.3 is 9.47 Å². The highest BCUT2D eigenvalue weighted by Gasteiger charge is 1.95. The first-order valence-electron chi connectivity index (χ1n) is 3.14. The maximum Gasteiger partial charge on any atom is 0.0888 e. The van der Waals surface area contributed by atoms with Crippen molar-refractivity contribution in [1.29, 1.82) is 0 Å². The summed E-state index contributed by atoms with van der Waals surface area (Å²) in [4.78, 5) is 0. The topological polar surface area (TPSA) is 18.5 Å². The summed E-state index contributed by atoms with van der Waals surface area (Å²) < 4.78 is 9.71. The third kappa shape index (κ3) is 4.01. The number of rotatable bonds is 5. The number of hydrogen-bond donors (Lipinski definition) is 0.